The molecule has 4 rings (SSSR count). The van der Waals surface area contributed by atoms with Crippen LogP contribution in [0.5, 0.6) is 0 Å². The molecule has 2 aromatic heterocycles. The summed E-state index contributed by atoms with van der Waals surface area (Å²) in [6.45, 7) is 6.43. The van der Waals surface area contributed by atoms with Gasteiger partial charge in [0.2, 0.25) is 0 Å². The van der Waals surface area contributed by atoms with Crippen molar-refractivity contribution < 1.29 is 24.2 Å². The van der Waals surface area contributed by atoms with Crippen molar-refractivity contribution in [1.29, 1.82) is 0 Å². The number of amides is 2. The molecule has 1 fully saturated rings. The topological polar surface area (TPSA) is 122 Å². The summed E-state index contributed by atoms with van der Waals surface area (Å²) in [5.41, 5.74) is 3.65. The Balaban J connectivity index is 1.54. The van der Waals surface area contributed by atoms with E-state index in [-0.39, 0.29) is 24.6 Å². The third kappa shape index (κ3) is 8.05. The number of pyridine rings is 1. The van der Waals surface area contributed by atoms with E-state index in [1.54, 1.807) is 7.11 Å². The lowest BCUT2D eigenvalue weighted by molar-refractivity contribution is -0.146. The molecule has 0 unspecified atom stereocenters. The highest BCUT2D eigenvalue weighted by molar-refractivity contribution is 5.84. The number of carbonyl (C=O) groups is 2. The first-order valence-electron chi connectivity index (χ1n) is 14.7. The van der Waals surface area contributed by atoms with Gasteiger partial charge < -0.3 is 24.8 Å². The Morgan fingerprint density at radius 3 is 2.74 bits per heavy atom. The largest absolute Gasteiger partial charge is 0.453 e. The first-order valence-corrected chi connectivity index (χ1v) is 14.7. The number of hydrogen-bond donors (Lipinski definition) is 2. The number of aliphatic hydroxyl groups excluding tert-OH is 1. The molecule has 42 heavy (non-hydrogen) atoms. The SMILES string of the molecule is COC(=O)NCCCn1nc([C@@H](C)N(C(=O)[C@@H](CN(CCO)CC2=CC=CC=CC2)OC)C2CC2)c2ccc(C)nc21. The summed E-state index contributed by atoms with van der Waals surface area (Å²) >= 11 is 0. The van der Waals surface area contributed by atoms with Gasteiger partial charge in [0.25, 0.3) is 5.91 Å². The third-order valence-corrected chi connectivity index (χ3v) is 7.67. The average molecular weight is 581 g/mol. The number of hydrogen-bond acceptors (Lipinski definition) is 8. The minimum atomic E-state index is -0.685. The molecule has 2 aliphatic rings. The Kier molecular flexibility index (Phi) is 11.3. The summed E-state index contributed by atoms with van der Waals surface area (Å²) in [7, 11) is 2.91. The molecule has 2 amide bonds. The summed E-state index contributed by atoms with van der Waals surface area (Å²) < 4.78 is 12.3. The van der Waals surface area contributed by atoms with Crippen LogP contribution in [0.2, 0.25) is 0 Å². The van der Waals surface area contributed by atoms with Gasteiger partial charge in [-0.3, -0.25) is 9.69 Å². The molecule has 2 aromatic rings. The number of nitrogens with zero attached hydrogens (tertiary/aromatic N) is 5. The Labute approximate surface area is 247 Å². The first-order chi connectivity index (χ1) is 20.4. The number of aromatic nitrogens is 3. The highest BCUT2D eigenvalue weighted by Crippen LogP contribution is 2.37. The van der Waals surface area contributed by atoms with Crippen LogP contribution >= 0.6 is 0 Å². The fourth-order valence-electron chi connectivity index (χ4n) is 5.36. The zero-order valence-electron chi connectivity index (χ0n) is 25.2. The summed E-state index contributed by atoms with van der Waals surface area (Å²) in [6.07, 6.45) is 12.4. The Bertz CT molecular complexity index is 1310. The van der Waals surface area contributed by atoms with Gasteiger partial charge in [-0.05, 0) is 51.7 Å². The van der Waals surface area contributed by atoms with Crippen LogP contribution in [-0.4, -0.2) is 101 Å². The van der Waals surface area contributed by atoms with Crippen LogP contribution in [0.3, 0.4) is 0 Å². The van der Waals surface area contributed by atoms with Crippen molar-refractivity contribution in [2.24, 2.45) is 0 Å². The molecule has 0 saturated heterocycles. The van der Waals surface area contributed by atoms with Gasteiger partial charge in [-0.2, -0.15) is 5.10 Å². The Morgan fingerprint density at radius 1 is 1.21 bits per heavy atom. The number of carbonyl (C=O) groups excluding carboxylic acids is 2. The van der Waals surface area contributed by atoms with Gasteiger partial charge in [0.1, 0.15) is 6.10 Å². The monoisotopic (exact) mass is 580 g/mol. The lowest BCUT2D eigenvalue weighted by Gasteiger charge is -2.34. The van der Waals surface area contributed by atoms with Crippen molar-refractivity contribution in [2.45, 2.75) is 64.3 Å². The van der Waals surface area contributed by atoms with Gasteiger partial charge in [0.15, 0.2) is 5.65 Å². The van der Waals surface area contributed by atoms with E-state index in [0.29, 0.717) is 39.1 Å². The van der Waals surface area contributed by atoms with E-state index in [1.807, 2.05) is 53.8 Å². The van der Waals surface area contributed by atoms with Crippen LogP contribution in [0, 0.1) is 6.92 Å². The van der Waals surface area contributed by atoms with E-state index in [4.69, 9.17) is 14.8 Å². The van der Waals surface area contributed by atoms with E-state index in [1.165, 1.54) is 12.7 Å². The zero-order chi connectivity index (χ0) is 30.1. The smallest absolute Gasteiger partial charge is 0.406 e. The van der Waals surface area contributed by atoms with Crippen LogP contribution in [0.1, 0.15) is 50.0 Å². The predicted octanol–water partition coefficient (Wildman–Crippen LogP) is 3.29. The Hall–Kier alpha value is -3.54. The second kappa shape index (κ2) is 15.1. The number of nitrogens with one attached hydrogen (secondary N) is 1. The highest BCUT2D eigenvalue weighted by Gasteiger charge is 2.41. The fourth-order valence-corrected chi connectivity index (χ4v) is 5.36. The van der Waals surface area contributed by atoms with Crippen LogP contribution in [0.15, 0.2) is 48.1 Å². The number of methoxy groups -OCH3 is 2. The summed E-state index contributed by atoms with van der Waals surface area (Å²) in [6, 6.07) is 3.81. The maximum absolute atomic E-state index is 14.1. The highest BCUT2D eigenvalue weighted by atomic mass is 16.5. The van der Waals surface area contributed by atoms with E-state index in [0.717, 1.165) is 41.7 Å². The van der Waals surface area contributed by atoms with Crippen molar-refractivity contribution in [3.63, 3.8) is 0 Å². The van der Waals surface area contributed by atoms with E-state index in [9.17, 15) is 14.7 Å². The molecule has 1 saturated carbocycles. The zero-order valence-corrected chi connectivity index (χ0v) is 25.2. The summed E-state index contributed by atoms with van der Waals surface area (Å²) in [5.74, 6) is -0.0740. The van der Waals surface area contributed by atoms with E-state index in [2.05, 4.69) is 27.1 Å². The number of aryl methyl sites for hydroxylation is 2. The first kappa shape index (κ1) is 31.4. The average Bonchev–Trinajstić information content (AvgIpc) is 3.79. The van der Waals surface area contributed by atoms with Crippen molar-refractivity contribution in [2.75, 3.05) is 47.0 Å². The third-order valence-electron chi connectivity index (χ3n) is 7.67. The molecule has 0 radical (unpaired) electrons. The second-order valence-electron chi connectivity index (χ2n) is 10.9. The van der Waals surface area contributed by atoms with Crippen LogP contribution in [0.25, 0.3) is 11.0 Å². The normalized spacial score (nSPS) is 16.3. The fraction of sp³-hybridized carbons (Fsp3) is 0.548. The predicted molar refractivity (Wildman–Crippen MR) is 161 cm³/mol. The molecular formula is C31H44N6O5. The van der Waals surface area contributed by atoms with E-state index < -0.39 is 12.2 Å². The van der Waals surface area contributed by atoms with Crippen LogP contribution in [0.4, 0.5) is 4.79 Å². The molecule has 2 heterocycles. The second-order valence-corrected chi connectivity index (χ2v) is 10.9. The molecule has 2 atom stereocenters. The number of ether oxygens (including phenoxy) is 2. The van der Waals surface area contributed by atoms with Gasteiger partial charge in [0.05, 0.1) is 25.5 Å². The number of alkyl carbamates (subject to hydrolysis) is 1. The molecule has 0 aliphatic heterocycles. The molecular weight excluding hydrogens is 536 g/mol. The molecule has 11 heteroatoms. The van der Waals surface area contributed by atoms with Gasteiger partial charge in [-0.1, -0.05) is 36.0 Å². The molecule has 0 bridgehead atoms. The summed E-state index contributed by atoms with van der Waals surface area (Å²) in [4.78, 5) is 34.4. The van der Waals surface area contributed by atoms with Gasteiger partial charge in [-0.15, -0.1) is 0 Å². The molecule has 228 valence electrons. The van der Waals surface area contributed by atoms with Crippen molar-refractivity contribution in [1.82, 2.24) is 29.9 Å². The minimum Gasteiger partial charge on any atom is -0.453 e. The van der Waals surface area contributed by atoms with E-state index >= 15 is 0 Å². The van der Waals surface area contributed by atoms with Gasteiger partial charge >= 0.3 is 6.09 Å². The molecule has 0 aromatic carbocycles. The summed E-state index contributed by atoms with van der Waals surface area (Å²) in [5, 5.41) is 18.3. The molecule has 2 N–H and O–H groups in total. The molecule has 2 aliphatic carbocycles. The maximum Gasteiger partial charge on any atom is 0.406 e. The quantitative estimate of drug-likeness (QED) is 0.308. The number of fused-ring (bicyclic) bond motifs is 1. The van der Waals surface area contributed by atoms with Gasteiger partial charge in [0, 0.05) is 57.0 Å². The Morgan fingerprint density at radius 2 is 2.02 bits per heavy atom. The lowest BCUT2D eigenvalue weighted by Crippen LogP contribution is -2.48. The number of aliphatic hydroxyl groups is 1. The lowest BCUT2D eigenvalue weighted by atomic mass is 10.1. The van der Waals surface area contributed by atoms with Crippen LogP contribution < -0.4 is 5.32 Å². The molecule has 11 nitrogen and oxygen atoms in total. The van der Waals surface area contributed by atoms with Crippen LogP contribution in [-0.2, 0) is 20.8 Å². The minimum absolute atomic E-state index is 0.00266. The number of rotatable bonds is 15. The van der Waals surface area contributed by atoms with Crippen molar-refractivity contribution >= 4 is 23.0 Å². The van der Waals surface area contributed by atoms with Crippen molar-refractivity contribution in [3.05, 3.63) is 59.5 Å². The standard InChI is InChI=1S/C31H44N6O5/c1-22-12-15-26-28(34-36(29(26)33-22)17-9-16-32-31(40)42-4)23(2)37(25-13-14-25)30(39)27(41-3)21-35(18-19-38)20-24-10-7-5-6-8-11-24/h5-8,10,12,15,23,25,27,38H,9,11,13-14,16-21H2,1-4H3,(H,32,40)/t23-,27-/m1/s1. The molecule has 0 spiro atoms. The van der Waals surface area contributed by atoms with Crippen molar-refractivity contribution in [3.8, 4) is 0 Å². The number of allylic oxidation sites excluding steroid dienone is 5. The maximum atomic E-state index is 14.1. The van der Waals surface area contributed by atoms with Gasteiger partial charge in [-0.25, -0.2) is 14.5 Å².